The van der Waals surface area contributed by atoms with Gasteiger partial charge in [-0.15, -0.1) is 0 Å². The lowest BCUT2D eigenvalue weighted by molar-refractivity contribution is 0.0728. The molecule has 2 heterocycles. The number of amides is 1. The Labute approximate surface area is 156 Å². The molecule has 3 rings (SSSR count). The summed E-state index contributed by atoms with van der Waals surface area (Å²) in [4.78, 5) is 26.4. The Hall–Kier alpha value is -2.43. The van der Waals surface area contributed by atoms with E-state index in [2.05, 4.69) is 46.9 Å². The van der Waals surface area contributed by atoms with Crippen LogP contribution in [0.25, 0.3) is 0 Å². The summed E-state index contributed by atoms with van der Waals surface area (Å²) in [6, 6.07) is 10.2. The van der Waals surface area contributed by atoms with Gasteiger partial charge in [-0.25, -0.2) is 9.97 Å². The Morgan fingerprint density at radius 2 is 1.81 bits per heavy atom. The van der Waals surface area contributed by atoms with E-state index in [-0.39, 0.29) is 5.91 Å². The second-order valence-corrected chi connectivity index (χ2v) is 6.93. The molecule has 1 aliphatic heterocycles. The quantitative estimate of drug-likeness (QED) is 0.797. The number of rotatable bonds is 6. The number of carbonyl (C=O) groups excluding carboxylic acids is 1. The van der Waals surface area contributed by atoms with Gasteiger partial charge in [-0.3, -0.25) is 4.79 Å². The summed E-state index contributed by atoms with van der Waals surface area (Å²) in [5, 5.41) is 0. The Morgan fingerprint density at radius 1 is 1.12 bits per heavy atom. The molecule has 2 aromatic rings. The highest BCUT2D eigenvalue weighted by atomic mass is 16.2. The zero-order chi connectivity index (χ0) is 18.5. The molecule has 26 heavy (non-hydrogen) atoms. The van der Waals surface area contributed by atoms with Gasteiger partial charge < -0.3 is 9.80 Å². The Balaban J connectivity index is 1.83. The highest BCUT2D eigenvalue weighted by Gasteiger charge is 2.23. The van der Waals surface area contributed by atoms with Crippen LogP contribution in [-0.4, -0.2) is 40.4 Å². The largest absolute Gasteiger partial charge is 0.341 e. The van der Waals surface area contributed by atoms with Crippen LogP contribution in [0.5, 0.6) is 0 Å². The maximum absolute atomic E-state index is 13.1. The van der Waals surface area contributed by atoms with Crippen LogP contribution < -0.4 is 4.90 Å². The number of anilines is 1. The van der Waals surface area contributed by atoms with Crippen molar-refractivity contribution in [1.29, 1.82) is 0 Å². The molecule has 0 N–H and O–H groups in total. The molecule has 0 radical (unpaired) electrons. The first kappa shape index (κ1) is 18.4. The van der Waals surface area contributed by atoms with E-state index in [0.717, 1.165) is 44.6 Å². The summed E-state index contributed by atoms with van der Waals surface area (Å²) in [6.45, 7) is 9.43. The van der Waals surface area contributed by atoms with Crippen LogP contribution in [-0.2, 0) is 13.0 Å². The fourth-order valence-corrected chi connectivity index (χ4v) is 3.49. The van der Waals surface area contributed by atoms with Gasteiger partial charge in [0, 0.05) is 31.9 Å². The molecule has 0 bridgehead atoms. The number of benzene rings is 1. The Kier molecular flexibility index (Phi) is 5.86. The van der Waals surface area contributed by atoms with Crippen LogP contribution in [0, 0.1) is 6.92 Å². The summed E-state index contributed by atoms with van der Waals surface area (Å²) < 4.78 is 0. The molecule has 0 saturated heterocycles. The fraction of sp³-hybridized carbons (Fsp3) is 0.476. The van der Waals surface area contributed by atoms with E-state index in [4.69, 9.17) is 0 Å². The van der Waals surface area contributed by atoms with Crippen molar-refractivity contribution in [3.05, 3.63) is 52.8 Å². The van der Waals surface area contributed by atoms with E-state index in [9.17, 15) is 4.79 Å². The van der Waals surface area contributed by atoms with Crippen molar-refractivity contribution in [3.63, 3.8) is 0 Å². The summed E-state index contributed by atoms with van der Waals surface area (Å²) in [6.07, 6.45) is 2.96. The molecule has 0 fully saturated rings. The molecule has 5 nitrogen and oxygen atoms in total. The van der Waals surface area contributed by atoms with Gasteiger partial charge in [0.1, 0.15) is 5.69 Å². The molecule has 0 atom stereocenters. The van der Waals surface area contributed by atoms with Crippen molar-refractivity contribution < 1.29 is 4.79 Å². The van der Waals surface area contributed by atoms with E-state index in [1.54, 1.807) is 0 Å². The number of hydrogen-bond donors (Lipinski definition) is 0. The van der Waals surface area contributed by atoms with Crippen LogP contribution in [0.2, 0.25) is 0 Å². The van der Waals surface area contributed by atoms with E-state index in [1.807, 2.05) is 24.0 Å². The van der Waals surface area contributed by atoms with Gasteiger partial charge in [0.2, 0.25) is 5.95 Å². The molecule has 1 aromatic carbocycles. The average Bonchev–Trinajstić information content (AvgIpc) is 2.66. The van der Waals surface area contributed by atoms with Gasteiger partial charge >= 0.3 is 0 Å². The first-order valence-corrected chi connectivity index (χ1v) is 9.59. The molecular formula is C21H28N4O. The summed E-state index contributed by atoms with van der Waals surface area (Å²) in [5.74, 6) is 0.675. The molecule has 0 aliphatic carbocycles. The monoisotopic (exact) mass is 352 g/mol. The van der Waals surface area contributed by atoms with Crippen molar-refractivity contribution in [2.24, 2.45) is 0 Å². The highest BCUT2D eigenvalue weighted by molar-refractivity contribution is 5.92. The predicted molar refractivity (Wildman–Crippen MR) is 104 cm³/mol. The van der Waals surface area contributed by atoms with E-state index in [0.29, 0.717) is 18.2 Å². The second-order valence-electron chi connectivity index (χ2n) is 6.93. The van der Waals surface area contributed by atoms with Crippen LogP contribution in [0.15, 0.2) is 30.3 Å². The summed E-state index contributed by atoms with van der Waals surface area (Å²) >= 11 is 0. The Morgan fingerprint density at radius 3 is 2.50 bits per heavy atom. The predicted octanol–water partition coefficient (Wildman–Crippen LogP) is 3.61. The molecule has 0 unspecified atom stereocenters. The second kappa shape index (κ2) is 8.30. The smallest absolute Gasteiger partial charge is 0.272 e. The third-order valence-electron chi connectivity index (χ3n) is 4.75. The minimum atomic E-state index is -0.000741. The number of carbonyl (C=O) groups is 1. The van der Waals surface area contributed by atoms with Crippen LogP contribution in [0.1, 0.15) is 54.0 Å². The summed E-state index contributed by atoms with van der Waals surface area (Å²) in [5.41, 5.74) is 3.92. The van der Waals surface area contributed by atoms with Gasteiger partial charge in [0.25, 0.3) is 5.91 Å². The SMILES string of the molecule is CCCN(CCC)c1nc(C)cc(C(=O)N2CCc3ccccc3C2)n1. The maximum Gasteiger partial charge on any atom is 0.272 e. The van der Waals surface area contributed by atoms with Crippen molar-refractivity contribution in [3.8, 4) is 0 Å². The molecule has 138 valence electrons. The van der Waals surface area contributed by atoms with Gasteiger partial charge in [-0.2, -0.15) is 0 Å². The molecule has 0 saturated carbocycles. The third kappa shape index (κ3) is 4.03. The normalized spacial score (nSPS) is 13.4. The topological polar surface area (TPSA) is 49.3 Å². The number of nitrogens with zero attached hydrogens (tertiary/aromatic N) is 4. The first-order valence-electron chi connectivity index (χ1n) is 9.59. The molecule has 5 heteroatoms. The van der Waals surface area contributed by atoms with Gasteiger partial charge in [-0.1, -0.05) is 38.1 Å². The van der Waals surface area contributed by atoms with Crippen molar-refractivity contribution in [2.45, 2.75) is 46.6 Å². The lowest BCUT2D eigenvalue weighted by atomic mass is 10.00. The van der Waals surface area contributed by atoms with Gasteiger partial charge in [-0.05, 0) is 43.4 Å². The van der Waals surface area contributed by atoms with Crippen molar-refractivity contribution >= 4 is 11.9 Å². The molecule has 1 aliphatic rings. The highest BCUT2D eigenvalue weighted by Crippen LogP contribution is 2.21. The third-order valence-corrected chi connectivity index (χ3v) is 4.75. The maximum atomic E-state index is 13.1. The van der Waals surface area contributed by atoms with Gasteiger partial charge in [0.15, 0.2) is 0 Å². The van der Waals surface area contributed by atoms with Crippen molar-refractivity contribution in [1.82, 2.24) is 14.9 Å². The van der Waals surface area contributed by atoms with Crippen molar-refractivity contribution in [2.75, 3.05) is 24.5 Å². The van der Waals surface area contributed by atoms with Crippen LogP contribution >= 0.6 is 0 Å². The molecular weight excluding hydrogens is 324 g/mol. The van der Waals surface area contributed by atoms with Crippen LogP contribution in [0.3, 0.4) is 0 Å². The summed E-state index contributed by atoms with van der Waals surface area (Å²) in [7, 11) is 0. The molecule has 1 aromatic heterocycles. The minimum Gasteiger partial charge on any atom is -0.341 e. The molecule has 0 spiro atoms. The molecule has 1 amide bonds. The first-order chi connectivity index (χ1) is 12.6. The zero-order valence-electron chi connectivity index (χ0n) is 16.0. The lowest BCUT2D eigenvalue weighted by Crippen LogP contribution is -2.37. The number of aryl methyl sites for hydroxylation is 1. The van der Waals surface area contributed by atoms with E-state index in [1.165, 1.54) is 11.1 Å². The number of fused-ring (bicyclic) bond motifs is 1. The zero-order valence-corrected chi connectivity index (χ0v) is 16.0. The standard InChI is InChI=1S/C21H28N4O/c1-4-11-24(12-5-2)21-22-16(3)14-19(23-21)20(26)25-13-10-17-8-6-7-9-18(17)15-25/h6-9,14H,4-5,10-13,15H2,1-3H3. The fourth-order valence-electron chi connectivity index (χ4n) is 3.49. The lowest BCUT2D eigenvalue weighted by Gasteiger charge is -2.29. The minimum absolute atomic E-state index is 0.000741. The van der Waals surface area contributed by atoms with E-state index >= 15 is 0 Å². The number of hydrogen-bond acceptors (Lipinski definition) is 4. The van der Waals surface area contributed by atoms with Gasteiger partial charge in [0.05, 0.1) is 0 Å². The Bertz CT molecular complexity index is 768. The average molecular weight is 352 g/mol. The van der Waals surface area contributed by atoms with E-state index < -0.39 is 0 Å². The van der Waals surface area contributed by atoms with Crippen LogP contribution in [0.4, 0.5) is 5.95 Å². The number of aromatic nitrogens is 2.